The number of carbonyl (C=O) groups excluding carboxylic acids is 1. The highest BCUT2D eigenvalue weighted by atomic mass is 16.2. The molecule has 0 spiro atoms. The second-order valence-electron chi connectivity index (χ2n) is 4.65. The molecule has 20 heavy (non-hydrogen) atoms. The van der Waals surface area contributed by atoms with Gasteiger partial charge in [0.25, 0.3) is 5.91 Å². The van der Waals surface area contributed by atoms with Crippen LogP contribution in [0.1, 0.15) is 16.3 Å². The van der Waals surface area contributed by atoms with Crippen molar-refractivity contribution in [2.24, 2.45) is 5.84 Å². The topological polar surface area (TPSA) is 107 Å². The Hall–Kier alpha value is -2.26. The number of amides is 1. The van der Waals surface area contributed by atoms with Crippen LogP contribution in [0.3, 0.4) is 0 Å². The quantitative estimate of drug-likeness (QED) is 0.404. The Morgan fingerprint density at radius 1 is 1.40 bits per heavy atom. The molecule has 0 aliphatic carbocycles. The van der Waals surface area contributed by atoms with E-state index in [9.17, 15) is 4.79 Å². The fourth-order valence-corrected chi connectivity index (χ4v) is 2.24. The summed E-state index contributed by atoms with van der Waals surface area (Å²) in [6.45, 7) is 4.27. The first-order valence-electron chi connectivity index (χ1n) is 6.39. The number of nitrogen functional groups attached to an aromatic ring is 1. The van der Waals surface area contributed by atoms with Gasteiger partial charge in [-0.15, -0.1) is 5.10 Å². The normalized spacial score (nSPS) is 15.1. The number of nitrogens with zero attached hydrogens (tertiary/aromatic N) is 6. The van der Waals surface area contributed by atoms with Gasteiger partial charge in [0.2, 0.25) is 0 Å². The summed E-state index contributed by atoms with van der Waals surface area (Å²) in [4.78, 5) is 17.9. The average Bonchev–Trinajstić information content (AvgIpc) is 3.12. The molecule has 2 aromatic rings. The molecule has 9 heteroatoms. The van der Waals surface area contributed by atoms with Gasteiger partial charge in [0.1, 0.15) is 5.82 Å². The number of aromatic nitrogens is 5. The minimum atomic E-state index is -0.434. The van der Waals surface area contributed by atoms with Crippen LogP contribution >= 0.6 is 0 Å². The predicted molar refractivity (Wildman–Crippen MR) is 69.2 cm³/mol. The second kappa shape index (κ2) is 5.39. The molecule has 3 rings (SSSR count). The van der Waals surface area contributed by atoms with Crippen molar-refractivity contribution in [3.63, 3.8) is 0 Å². The molecule has 106 valence electrons. The number of fused-ring (bicyclic) bond motifs is 1. The van der Waals surface area contributed by atoms with Crippen molar-refractivity contribution in [1.82, 2.24) is 34.9 Å². The van der Waals surface area contributed by atoms with Crippen molar-refractivity contribution in [3.8, 4) is 0 Å². The Morgan fingerprint density at radius 3 is 3.15 bits per heavy atom. The van der Waals surface area contributed by atoms with E-state index in [1.54, 1.807) is 10.9 Å². The van der Waals surface area contributed by atoms with Crippen LogP contribution in [0, 0.1) is 0 Å². The number of carbonyl (C=O) groups is 1. The summed E-state index contributed by atoms with van der Waals surface area (Å²) in [5.74, 6) is 5.69. The third kappa shape index (κ3) is 2.53. The zero-order chi connectivity index (χ0) is 13.9. The van der Waals surface area contributed by atoms with Gasteiger partial charge in [0, 0.05) is 32.0 Å². The summed E-state index contributed by atoms with van der Waals surface area (Å²) < 4.78 is 3.81. The van der Waals surface area contributed by atoms with Gasteiger partial charge in [0.05, 0.1) is 19.3 Å². The van der Waals surface area contributed by atoms with Crippen molar-refractivity contribution in [3.05, 3.63) is 30.1 Å². The van der Waals surface area contributed by atoms with Crippen LogP contribution in [0.5, 0.6) is 0 Å². The van der Waals surface area contributed by atoms with Crippen molar-refractivity contribution in [1.29, 1.82) is 0 Å². The van der Waals surface area contributed by atoms with Gasteiger partial charge in [-0.25, -0.2) is 10.8 Å². The van der Waals surface area contributed by atoms with Crippen LogP contribution in [-0.4, -0.2) is 48.4 Å². The molecule has 0 radical (unpaired) electrons. The molecule has 3 heterocycles. The van der Waals surface area contributed by atoms with E-state index >= 15 is 0 Å². The summed E-state index contributed by atoms with van der Waals surface area (Å²) in [7, 11) is 0. The largest absolute Gasteiger partial charge is 0.333 e. The molecule has 1 aliphatic heterocycles. The van der Waals surface area contributed by atoms with Gasteiger partial charge in [-0.05, 0) is 0 Å². The van der Waals surface area contributed by atoms with Crippen LogP contribution in [0.15, 0.2) is 18.6 Å². The second-order valence-corrected chi connectivity index (χ2v) is 4.65. The summed E-state index contributed by atoms with van der Waals surface area (Å²) in [5.41, 5.74) is 2.26. The number of imidazole rings is 1. The van der Waals surface area contributed by atoms with E-state index in [0.29, 0.717) is 6.54 Å². The predicted octanol–water partition coefficient (Wildman–Crippen LogP) is -1.41. The lowest BCUT2D eigenvalue weighted by atomic mass is 10.3. The van der Waals surface area contributed by atoms with E-state index in [-0.39, 0.29) is 5.69 Å². The lowest BCUT2D eigenvalue weighted by Gasteiger charge is -2.27. The molecule has 0 aromatic carbocycles. The Morgan fingerprint density at radius 2 is 2.30 bits per heavy atom. The van der Waals surface area contributed by atoms with Gasteiger partial charge < -0.3 is 4.57 Å². The molecule has 0 fully saturated rings. The Labute approximate surface area is 115 Å². The Kier molecular flexibility index (Phi) is 3.44. The fourth-order valence-electron chi connectivity index (χ4n) is 2.24. The molecule has 0 saturated heterocycles. The zero-order valence-corrected chi connectivity index (χ0v) is 10.9. The van der Waals surface area contributed by atoms with Gasteiger partial charge in [-0.2, -0.15) is 0 Å². The number of hydrogen-bond acceptors (Lipinski definition) is 6. The molecule has 0 bridgehead atoms. The van der Waals surface area contributed by atoms with E-state index < -0.39 is 5.91 Å². The first kappa shape index (κ1) is 12.8. The summed E-state index contributed by atoms with van der Waals surface area (Å²) in [6, 6.07) is 0. The standard InChI is InChI=1S/C11H16N8O/c12-14-11(20)9-7-19(16-15-9)6-4-17-3-5-18-2-1-13-10(18)8-17/h1-2,7H,3-6,8,12H2,(H,14,20). The molecule has 1 aliphatic rings. The highest BCUT2D eigenvalue weighted by Crippen LogP contribution is 2.09. The van der Waals surface area contributed by atoms with Gasteiger partial charge >= 0.3 is 0 Å². The molecular formula is C11H16N8O. The maximum Gasteiger partial charge on any atom is 0.287 e. The number of hydrazine groups is 1. The molecule has 9 nitrogen and oxygen atoms in total. The van der Waals surface area contributed by atoms with Crippen molar-refractivity contribution in [2.45, 2.75) is 19.6 Å². The van der Waals surface area contributed by atoms with Crippen LogP contribution in [0.25, 0.3) is 0 Å². The molecule has 0 unspecified atom stereocenters. The first-order valence-corrected chi connectivity index (χ1v) is 6.39. The van der Waals surface area contributed by atoms with Crippen molar-refractivity contribution in [2.75, 3.05) is 13.1 Å². The SMILES string of the molecule is NNC(=O)c1cn(CCN2CCn3ccnc3C2)nn1. The summed E-state index contributed by atoms with van der Waals surface area (Å²) >= 11 is 0. The molecule has 1 amide bonds. The monoisotopic (exact) mass is 276 g/mol. The van der Waals surface area contributed by atoms with E-state index in [4.69, 9.17) is 5.84 Å². The molecule has 3 N–H and O–H groups in total. The third-order valence-electron chi connectivity index (χ3n) is 3.37. The smallest absolute Gasteiger partial charge is 0.287 e. The minimum absolute atomic E-state index is 0.224. The van der Waals surface area contributed by atoms with Gasteiger partial charge in [0.15, 0.2) is 5.69 Å². The van der Waals surface area contributed by atoms with E-state index in [1.165, 1.54) is 0 Å². The Balaban J connectivity index is 1.55. The zero-order valence-electron chi connectivity index (χ0n) is 10.9. The summed E-state index contributed by atoms with van der Waals surface area (Å²) in [6.07, 6.45) is 5.42. The Bertz CT molecular complexity index is 603. The van der Waals surface area contributed by atoms with Gasteiger partial charge in [-0.3, -0.25) is 19.8 Å². The van der Waals surface area contributed by atoms with Crippen molar-refractivity contribution < 1.29 is 4.79 Å². The number of rotatable bonds is 4. The molecular weight excluding hydrogens is 260 g/mol. The number of nitrogens with two attached hydrogens (primary N) is 1. The van der Waals surface area contributed by atoms with E-state index in [1.807, 2.05) is 17.8 Å². The van der Waals surface area contributed by atoms with Crippen LogP contribution in [-0.2, 0) is 19.6 Å². The lowest BCUT2D eigenvalue weighted by molar-refractivity contribution is 0.0948. The number of nitrogens with one attached hydrogen (secondary N) is 1. The molecule has 2 aromatic heterocycles. The highest BCUT2D eigenvalue weighted by Gasteiger charge is 2.16. The number of hydrogen-bond donors (Lipinski definition) is 2. The lowest BCUT2D eigenvalue weighted by Crippen LogP contribution is -2.35. The average molecular weight is 276 g/mol. The van der Waals surface area contributed by atoms with Crippen LogP contribution < -0.4 is 11.3 Å². The minimum Gasteiger partial charge on any atom is -0.333 e. The van der Waals surface area contributed by atoms with Gasteiger partial charge in [-0.1, -0.05) is 5.21 Å². The van der Waals surface area contributed by atoms with Crippen molar-refractivity contribution >= 4 is 5.91 Å². The first-order chi connectivity index (χ1) is 9.76. The maximum atomic E-state index is 11.3. The highest BCUT2D eigenvalue weighted by molar-refractivity contribution is 5.91. The summed E-state index contributed by atoms with van der Waals surface area (Å²) in [5, 5.41) is 7.67. The fraction of sp³-hybridized carbons (Fsp3) is 0.455. The van der Waals surface area contributed by atoms with E-state index in [0.717, 1.165) is 32.0 Å². The molecule has 0 saturated carbocycles. The van der Waals surface area contributed by atoms with Crippen LogP contribution in [0.2, 0.25) is 0 Å². The maximum absolute atomic E-state index is 11.3. The van der Waals surface area contributed by atoms with E-state index in [2.05, 4.69) is 24.8 Å². The van der Waals surface area contributed by atoms with Crippen LogP contribution in [0.4, 0.5) is 0 Å². The third-order valence-corrected chi connectivity index (χ3v) is 3.37. The molecule has 0 atom stereocenters.